The Balaban J connectivity index is 2.65. The van der Waals surface area contributed by atoms with E-state index in [0.29, 0.717) is 19.3 Å². The molecule has 1 amide bonds. The number of rotatable bonds is 57. The van der Waals surface area contributed by atoms with Crippen LogP contribution in [0.1, 0.15) is 297 Å². The fourth-order valence-corrected chi connectivity index (χ4v) is 10.3. The molecule has 1 fully saturated rings. The van der Waals surface area contributed by atoms with Crippen LogP contribution in [-0.4, -0.2) is 99.6 Å². The second-order valence-electron chi connectivity index (χ2n) is 23.2. The van der Waals surface area contributed by atoms with Gasteiger partial charge >= 0.3 is 5.97 Å². The van der Waals surface area contributed by atoms with Crippen molar-refractivity contribution < 1.29 is 49.3 Å². The van der Waals surface area contributed by atoms with Gasteiger partial charge in [-0.25, -0.2) is 0 Å². The van der Waals surface area contributed by atoms with Crippen LogP contribution < -0.4 is 5.32 Å². The second-order valence-corrected chi connectivity index (χ2v) is 23.2. The van der Waals surface area contributed by atoms with Crippen molar-refractivity contribution in [1.82, 2.24) is 5.32 Å². The Morgan fingerprint density at radius 3 is 1.32 bits per heavy atom. The van der Waals surface area contributed by atoms with Gasteiger partial charge in [-0.3, -0.25) is 9.59 Å². The first-order valence-corrected chi connectivity index (χ1v) is 33.7. The minimum Gasteiger partial charge on any atom is -0.454 e. The lowest BCUT2D eigenvalue weighted by molar-refractivity contribution is -0.305. The van der Waals surface area contributed by atoms with Crippen LogP contribution in [0.3, 0.4) is 0 Å². The average molecular weight is 1140 g/mol. The van der Waals surface area contributed by atoms with E-state index in [1.807, 2.05) is 18.2 Å². The SMILES string of the molecule is CC/C=C\C/C=C\C/C=C\C/C=C\C/C=C\CCCC(=O)OC1C(OCC(NC(=O)C(O)CCCCCCCCCCCCCCCCCCCCCCCC)C(O)/C=C/CCCCCCCCCCCCC)OC(CO)C(O)C1O. The molecule has 470 valence electrons. The summed E-state index contributed by atoms with van der Waals surface area (Å²) in [7, 11) is 0. The summed E-state index contributed by atoms with van der Waals surface area (Å²) in [5.41, 5.74) is 0. The number of ether oxygens (including phenoxy) is 3. The molecule has 0 aromatic carbocycles. The topological polar surface area (TPSA) is 175 Å². The number of amides is 1. The summed E-state index contributed by atoms with van der Waals surface area (Å²) in [5, 5.41) is 57.1. The summed E-state index contributed by atoms with van der Waals surface area (Å²) in [6.45, 7) is 5.68. The predicted molar refractivity (Wildman–Crippen MR) is 338 cm³/mol. The number of carbonyl (C=O) groups excluding carboxylic acids is 2. The van der Waals surface area contributed by atoms with Gasteiger partial charge < -0.3 is 45.1 Å². The highest BCUT2D eigenvalue weighted by Crippen LogP contribution is 2.26. The van der Waals surface area contributed by atoms with Gasteiger partial charge in [-0.15, -0.1) is 0 Å². The predicted octanol–water partition coefficient (Wildman–Crippen LogP) is 16.7. The number of aliphatic hydroxyl groups is 5. The number of unbranched alkanes of at least 4 members (excludes halogenated alkanes) is 33. The first kappa shape index (κ1) is 76.1. The fraction of sp³-hybridized carbons (Fsp3) is 0.800. The summed E-state index contributed by atoms with van der Waals surface area (Å²) in [6, 6.07) is -1.04. The van der Waals surface area contributed by atoms with Crippen molar-refractivity contribution in [3.8, 4) is 0 Å². The maximum absolute atomic E-state index is 13.5. The van der Waals surface area contributed by atoms with Gasteiger partial charge in [0.05, 0.1) is 25.4 Å². The number of nitrogens with one attached hydrogen (secondary N) is 1. The molecule has 1 heterocycles. The zero-order valence-corrected chi connectivity index (χ0v) is 52.1. The maximum Gasteiger partial charge on any atom is 0.306 e. The third-order valence-corrected chi connectivity index (χ3v) is 15.6. The van der Waals surface area contributed by atoms with Crippen molar-refractivity contribution in [2.75, 3.05) is 13.2 Å². The van der Waals surface area contributed by atoms with Gasteiger partial charge in [0.25, 0.3) is 0 Å². The van der Waals surface area contributed by atoms with Crippen molar-refractivity contribution in [2.24, 2.45) is 0 Å². The van der Waals surface area contributed by atoms with Gasteiger partial charge in [0.1, 0.15) is 24.4 Å². The standard InChI is InChI=1S/C70H125NO10/c1-4-7-10-13-16-19-22-25-27-29-30-31-32-33-35-36-39-42-45-48-51-54-57-63(74)69(78)71-61(62(73)56-53-50-47-44-41-38-24-21-18-15-12-9-6-3)60-79-70-68(67(77)66(76)64(59-72)80-70)81-65(75)58-55-52-49-46-43-40-37-34-28-26-23-20-17-14-11-8-5-2/h8,11,17,20,26,28,37,40,46,49,53,56,61-64,66-68,70,72-74,76-77H,4-7,9-10,12-16,18-19,21-25,27,29-36,38-39,41-45,47-48,50-52,54-55,57-60H2,1-3H3,(H,71,78)/b11-8-,20-17-,28-26-,40-37-,49-46-,56-53+. The molecule has 0 aromatic rings. The number of hydrogen-bond acceptors (Lipinski definition) is 10. The molecule has 11 heteroatoms. The van der Waals surface area contributed by atoms with Crippen LogP contribution in [0.15, 0.2) is 72.9 Å². The largest absolute Gasteiger partial charge is 0.454 e. The van der Waals surface area contributed by atoms with Gasteiger partial charge in [0.2, 0.25) is 5.91 Å². The number of allylic oxidation sites excluding steroid dienone is 11. The molecular weight excluding hydrogens is 1010 g/mol. The number of carbonyl (C=O) groups is 2. The number of esters is 1. The van der Waals surface area contributed by atoms with Crippen molar-refractivity contribution in [1.29, 1.82) is 0 Å². The van der Waals surface area contributed by atoms with Crippen LogP contribution in [0, 0.1) is 0 Å². The second kappa shape index (κ2) is 57.5. The molecule has 0 bridgehead atoms. The lowest BCUT2D eigenvalue weighted by atomic mass is 9.99. The minimum atomic E-state index is -1.64. The van der Waals surface area contributed by atoms with E-state index >= 15 is 0 Å². The molecular formula is C70H125NO10. The van der Waals surface area contributed by atoms with Crippen molar-refractivity contribution >= 4 is 11.9 Å². The van der Waals surface area contributed by atoms with Crippen LogP contribution in [0.25, 0.3) is 0 Å². The van der Waals surface area contributed by atoms with Crippen molar-refractivity contribution in [2.45, 2.75) is 346 Å². The van der Waals surface area contributed by atoms with E-state index in [1.54, 1.807) is 6.08 Å². The molecule has 0 spiro atoms. The summed E-state index contributed by atoms with van der Waals surface area (Å²) in [4.78, 5) is 26.6. The molecule has 1 rings (SSSR count). The molecule has 1 saturated heterocycles. The monoisotopic (exact) mass is 1140 g/mol. The third kappa shape index (κ3) is 45.2. The third-order valence-electron chi connectivity index (χ3n) is 15.6. The first-order valence-electron chi connectivity index (χ1n) is 33.7. The Hall–Kier alpha value is -2.90. The molecule has 0 aromatic heterocycles. The molecule has 8 unspecified atom stereocenters. The van der Waals surface area contributed by atoms with E-state index in [-0.39, 0.29) is 19.4 Å². The zero-order chi connectivity index (χ0) is 58.9. The maximum atomic E-state index is 13.5. The van der Waals surface area contributed by atoms with E-state index < -0.39 is 67.4 Å². The molecule has 11 nitrogen and oxygen atoms in total. The Labute approximate surface area is 496 Å². The summed E-state index contributed by atoms with van der Waals surface area (Å²) in [5.74, 6) is -1.25. The van der Waals surface area contributed by atoms with E-state index in [2.05, 4.69) is 74.7 Å². The van der Waals surface area contributed by atoms with E-state index in [0.717, 1.165) is 70.6 Å². The van der Waals surface area contributed by atoms with E-state index in [1.165, 1.54) is 173 Å². The van der Waals surface area contributed by atoms with Gasteiger partial charge in [-0.1, -0.05) is 299 Å². The van der Waals surface area contributed by atoms with Gasteiger partial charge in [0.15, 0.2) is 12.4 Å². The van der Waals surface area contributed by atoms with Crippen molar-refractivity contribution in [3.63, 3.8) is 0 Å². The summed E-state index contributed by atoms with van der Waals surface area (Å²) >= 11 is 0. The Bertz CT molecular complexity index is 1590. The quantitative estimate of drug-likeness (QED) is 0.0195. The molecule has 8 atom stereocenters. The lowest BCUT2D eigenvalue weighted by Gasteiger charge is -2.41. The van der Waals surface area contributed by atoms with Crippen LogP contribution in [0.4, 0.5) is 0 Å². The normalized spacial score (nSPS) is 19.1. The highest BCUT2D eigenvalue weighted by atomic mass is 16.7. The van der Waals surface area contributed by atoms with Crippen LogP contribution in [0.2, 0.25) is 0 Å². The molecule has 1 aliphatic rings. The Morgan fingerprint density at radius 1 is 0.494 bits per heavy atom. The molecule has 6 N–H and O–H groups in total. The molecule has 0 radical (unpaired) electrons. The van der Waals surface area contributed by atoms with Gasteiger partial charge in [0, 0.05) is 6.42 Å². The Morgan fingerprint density at radius 2 is 0.889 bits per heavy atom. The molecule has 0 aliphatic carbocycles. The van der Waals surface area contributed by atoms with E-state index in [9.17, 15) is 35.1 Å². The van der Waals surface area contributed by atoms with Gasteiger partial charge in [-0.2, -0.15) is 0 Å². The molecule has 1 aliphatic heterocycles. The smallest absolute Gasteiger partial charge is 0.306 e. The fourth-order valence-electron chi connectivity index (χ4n) is 10.3. The highest BCUT2D eigenvalue weighted by molar-refractivity contribution is 5.80. The van der Waals surface area contributed by atoms with Gasteiger partial charge in [-0.05, 0) is 64.2 Å². The van der Waals surface area contributed by atoms with Crippen LogP contribution in [0.5, 0.6) is 0 Å². The zero-order valence-electron chi connectivity index (χ0n) is 52.1. The van der Waals surface area contributed by atoms with Crippen molar-refractivity contribution in [3.05, 3.63) is 72.9 Å². The first-order chi connectivity index (χ1) is 39.7. The summed E-state index contributed by atoms with van der Waals surface area (Å²) < 4.78 is 17.6. The summed E-state index contributed by atoms with van der Waals surface area (Å²) in [6.07, 6.45) is 63.8. The lowest BCUT2D eigenvalue weighted by Crippen LogP contribution is -2.61. The molecule has 81 heavy (non-hydrogen) atoms. The van der Waals surface area contributed by atoms with Crippen LogP contribution >= 0.6 is 0 Å². The van der Waals surface area contributed by atoms with E-state index in [4.69, 9.17) is 14.2 Å². The average Bonchev–Trinajstić information content (AvgIpc) is 3.46. The minimum absolute atomic E-state index is 0.0442. The Kier molecular flexibility index (Phi) is 54.1. The van der Waals surface area contributed by atoms with Crippen LogP contribution in [-0.2, 0) is 23.8 Å². The molecule has 0 saturated carbocycles. The highest BCUT2D eigenvalue weighted by Gasteiger charge is 2.47. The number of hydrogen-bond donors (Lipinski definition) is 6. The number of aliphatic hydroxyl groups excluding tert-OH is 5.